The van der Waals surface area contributed by atoms with E-state index >= 15 is 0 Å². The van der Waals surface area contributed by atoms with Crippen molar-refractivity contribution in [2.45, 2.75) is 86.0 Å². The van der Waals surface area contributed by atoms with Crippen molar-refractivity contribution in [3.8, 4) is 44.8 Å². The van der Waals surface area contributed by atoms with Crippen LogP contribution in [-0.2, 0) is 44.9 Å². The van der Waals surface area contributed by atoms with E-state index in [1.165, 1.54) is 45.3 Å². The summed E-state index contributed by atoms with van der Waals surface area (Å²) >= 11 is 0. The first-order valence-corrected chi connectivity index (χ1v) is 36.2. The highest BCUT2D eigenvalue weighted by molar-refractivity contribution is 6.00. The third-order valence-corrected chi connectivity index (χ3v) is 18.3. The van der Waals surface area contributed by atoms with Crippen LogP contribution in [0.25, 0.3) is 44.8 Å². The van der Waals surface area contributed by atoms with Gasteiger partial charge in [-0.2, -0.15) is 0 Å². The number of aryl methyl sites for hydroxylation is 1. The van der Waals surface area contributed by atoms with Gasteiger partial charge in [-0.3, -0.25) is 73.2 Å². The summed E-state index contributed by atoms with van der Waals surface area (Å²) in [6, 6.07) is 51.4. The van der Waals surface area contributed by atoms with Gasteiger partial charge in [-0.25, -0.2) is 13.2 Å². The number of benzene rings is 5. The topological polar surface area (TPSA) is 240 Å². The molecule has 12 rings (SSSR count). The fourth-order valence-corrected chi connectivity index (χ4v) is 11.6. The van der Waals surface area contributed by atoms with Crippen molar-refractivity contribution in [3.05, 3.63) is 318 Å². The van der Waals surface area contributed by atoms with Crippen LogP contribution in [0.1, 0.15) is 123 Å². The van der Waals surface area contributed by atoms with E-state index in [9.17, 15) is 51.5 Å². The summed E-state index contributed by atoms with van der Waals surface area (Å²) in [5.41, 5.74) is 13.2. The molecule has 0 spiro atoms. The molecule has 0 saturated heterocycles. The number of Topliss-reactive ketones (excluding diaryl/α,β-unsaturated/α-hetero) is 4. The molecule has 12 aromatic rings. The summed E-state index contributed by atoms with van der Waals surface area (Å²) in [5, 5.41) is 0. The quantitative estimate of drug-likeness (QED) is 0.0511. The van der Waals surface area contributed by atoms with Crippen molar-refractivity contribution in [1.29, 1.82) is 0 Å². The zero-order valence-corrected chi connectivity index (χ0v) is 63.6. The number of hydrogen-bond donors (Lipinski definition) is 0. The summed E-state index contributed by atoms with van der Waals surface area (Å²) in [4.78, 5) is 132. The van der Waals surface area contributed by atoms with Gasteiger partial charge in [0.1, 0.15) is 23.1 Å². The smallest absolute Gasteiger partial charge is 0.226 e. The first-order chi connectivity index (χ1) is 54.0. The lowest BCUT2D eigenvalue weighted by Crippen LogP contribution is -2.25. The van der Waals surface area contributed by atoms with Crippen LogP contribution in [0.15, 0.2) is 250 Å². The monoisotopic (exact) mass is 1500 g/mol. The number of halogens is 3. The number of nitrogens with zero attached hydrogens (tertiary/aromatic N) is 11. The maximum absolute atomic E-state index is 14.6. The Morgan fingerprint density at radius 3 is 0.955 bits per heavy atom. The number of ketones is 4. The molecule has 4 amide bonds. The fraction of sp³-hybridized carbons (Fsp3) is 0.189. The van der Waals surface area contributed by atoms with Gasteiger partial charge in [0.25, 0.3) is 0 Å². The highest BCUT2D eigenvalue weighted by Gasteiger charge is 2.20. The van der Waals surface area contributed by atoms with Crippen molar-refractivity contribution in [2.24, 2.45) is 0 Å². The number of rotatable bonds is 24. The van der Waals surface area contributed by atoms with E-state index in [-0.39, 0.29) is 66.0 Å². The van der Waals surface area contributed by atoms with Crippen LogP contribution in [-0.4, -0.2) is 110 Å². The number of hydrogen-bond acceptors (Lipinski definition) is 15. The number of pyridine rings is 7. The molecule has 112 heavy (non-hydrogen) atoms. The molecule has 0 atom stereocenters. The summed E-state index contributed by atoms with van der Waals surface area (Å²) < 4.78 is 43.7. The first kappa shape index (κ1) is 82.6. The number of carbonyl (C=O) groups is 8. The Morgan fingerprint density at radius 2 is 0.634 bits per heavy atom. The maximum Gasteiger partial charge on any atom is 0.226 e. The lowest BCUT2D eigenvalue weighted by atomic mass is 9.99. The molecular formula is C90H84F3N11O8. The van der Waals surface area contributed by atoms with Crippen LogP contribution in [0.4, 0.5) is 35.9 Å². The average Bonchev–Trinajstić information content (AvgIpc) is 0.829. The van der Waals surface area contributed by atoms with Crippen LogP contribution in [0.2, 0.25) is 0 Å². The van der Waals surface area contributed by atoms with Gasteiger partial charge >= 0.3 is 0 Å². The van der Waals surface area contributed by atoms with E-state index in [0.717, 1.165) is 44.8 Å². The molecule has 0 aliphatic rings. The first-order valence-electron chi connectivity index (χ1n) is 36.2. The van der Waals surface area contributed by atoms with E-state index in [2.05, 4.69) is 34.9 Å². The molecule has 7 aromatic heterocycles. The van der Waals surface area contributed by atoms with E-state index in [0.29, 0.717) is 105 Å². The van der Waals surface area contributed by atoms with Gasteiger partial charge in [0.05, 0.1) is 11.4 Å². The number of amides is 4. The summed E-state index contributed by atoms with van der Waals surface area (Å²) in [5.74, 6) is -1.76. The van der Waals surface area contributed by atoms with Gasteiger partial charge in [0, 0.05) is 215 Å². The second kappa shape index (κ2) is 40.1. The van der Waals surface area contributed by atoms with Crippen LogP contribution in [0.3, 0.4) is 0 Å². The lowest BCUT2D eigenvalue weighted by Gasteiger charge is -2.18. The molecule has 0 saturated carbocycles. The van der Waals surface area contributed by atoms with Crippen LogP contribution in [0.5, 0.6) is 0 Å². The summed E-state index contributed by atoms with van der Waals surface area (Å²) in [6.45, 7) is 9.12. The van der Waals surface area contributed by atoms with Crippen molar-refractivity contribution >= 4 is 69.5 Å². The Balaban J connectivity index is 0.000000171. The second-order valence-corrected chi connectivity index (χ2v) is 25.9. The highest BCUT2D eigenvalue weighted by Crippen LogP contribution is 2.32. The molecule has 19 nitrogen and oxygen atoms in total. The van der Waals surface area contributed by atoms with E-state index in [1.54, 1.807) is 219 Å². The third-order valence-electron chi connectivity index (χ3n) is 18.3. The predicted octanol–water partition coefficient (Wildman–Crippen LogP) is 17.1. The van der Waals surface area contributed by atoms with Crippen LogP contribution >= 0.6 is 0 Å². The summed E-state index contributed by atoms with van der Waals surface area (Å²) in [6.07, 6.45) is 20.4. The van der Waals surface area contributed by atoms with Crippen molar-refractivity contribution in [3.63, 3.8) is 0 Å². The molecule has 0 N–H and O–H groups in total. The minimum Gasteiger partial charge on any atom is -0.316 e. The molecule has 22 heteroatoms. The predicted molar refractivity (Wildman–Crippen MR) is 429 cm³/mol. The molecule has 568 valence electrons. The molecule has 0 bridgehead atoms. The molecule has 0 radical (unpaired) electrons. The molecular weight excluding hydrogens is 1420 g/mol. The van der Waals surface area contributed by atoms with Crippen molar-refractivity contribution in [1.82, 2.24) is 34.9 Å². The van der Waals surface area contributed by atoms with E-state index < -0.39 is 17.5 Å². The Morgan fingerprint density at radius 1 is 0.312 bits per heavy atom. The minimum absolute atomic E-state index is 0.0128. The standard InChI is InChI=1S/C23H21FN2O2.C23H23N3O2.2C22H20FN3O2/c1-3-23(28)26(2)19-10-11-20(21(24)14-19)17-6-8-18(9-7-17)22(27)13-16-5-4-12-25-15-16;1-4-23(28)26(3)19-8-9-20(16(2)12-19)21-10-7-18(15-25-21)22(27)13-17-6-5-11-24-14-17;1-3-22(28)26(2)17-7-8-18(19(23)12-17)20-9-6-16(14-25-20)21(27)11-15-5-4-10-24-13-15;1-3-22(28)26(2)17-7-8-18(19(23)12-17)16-6-9-20(25-14-16)21(27)11-15-5-4-10-24-13-15/h4-12,14-15H,3,13H2,1-2H3;5-12,14-15H,4,13H2,1-3H3;2*4-10,12-14H,3,11H2,1-2H3. The van der Waals surface area contributed by atoms with Gasteiger partial charge < -0.3 is 19.6 Å². The molecule has 5 aromatic carbocycles. The number of aromatic nitrogens is 7. The van der Waals surface area contributed by atoms with Crippen molar-refractivity contribution in [2.75, 3.05) is 47.8 Å². The van der Waals surface area contributed by atoms with E-state index in [1.807, 2.05) is 68.4 Å². The lowest BCUT2D eigenvalue weighted by molar-refractivity contribution is -0.118. The SMILES string of the molecule is CCC(=O)N(C)c1ccc(-c2ccc(C(=O)Cc3cccnc3)cc2)c(F)c1.CCC(=O)N(C)c1ccc(-c2ccc(C(=O)Cc3cccnc3)cn2)c(C)c1.CCC(=O)N(C)c1ccc(-c2ccc(C(=O)Cc3cccnc3)cn2)c(F)c1.CCC(=O)N(C)c1ccc(-c2ccc(C(=O)Cc3cccnc3)nc2)c(F)c1. The zero-order valence-electron chi connectivity index (χ0n) is 63.6. The summed E-state index contributed by atoms with van der Waals surface area (Å²) in [7, 11) is 6.63. The third kappa shape index (κ3) is 22.3. The van der Waals surface area contributed by atoms with E-state index in [4.69, 9.17) is 0 Å². The van der Waals surface area contributed by atoms with Crippen LogP contribution < -0.4 is 19.6 Å². The molecule has 7 heterocycles. The Labute approximate surface area is 649 Å². The second-order valence-electron chi connectivity index (χ2n) is 25.9. The zero-order chi connectivity index (χ0) is 80.4. The minimum atomic E-state index is -0.477. The Kier molecular flexibility index (Phi) is 29.5. The Bertz CT molecular complexity index is 4600. The normalized spacial score (nSPS) is 10.5. The number of anilines is 4. The highest BCUT2D eigenvalue weighted by atomic mass is 19.1. The van der Waals surface area contributed by atoms with Gasteiger partial charge in [-0.1, -0.05) is 88.4 Å². The molecule has 0 aliphatic heterocycles. The number of carbonyl (C=O) groups excluding carboxylic acids is 8. The molecule has 0 fully saturated rings. The Hall–Kier alpha value is -13.5. The molecule has 0 aliphatic carbocycles. The van der Waals surface area contributed by atoms with Gasteiger partial charge in [0.15, 0.2) is 23.1 Å². The van der Waals surface area contributed by atoms with Gasteiger partial charge in [0.2, 0.25) is 23.6 Å². The van der Waals surface area contributed by atoms with Crippen LogP contribution in [0, 0.1) is 24.4 Å². The van der Waals surface area contributed by atoms with Crippen molar-refractivity contribution < 1.29 is 51.5 Å². The maximum atomic E-state index is 14.6. The van der Waals surface area contributed by atoms with Gasteiger partial charge in [-0.05, 0) is 162 Å². The fourth-order valence-electron chi connectivity index (χ4n) is 11.6. The molecule has 0 unspecified atom stereocenters. The van der Waals surface area contributed by atoms with Gasteiger partial charge in [-0.15, -0.1) is 0 Å². The largest absolute Gasteiger partial charge is 0.316 e. The average molecular weight is 1500 g/mol.